The van der Waals surface area contributed by atoms with Gasteiger partial charge in [0.15, 0.2) is 0 Å². The summed E-state index contributed by atoms with van der Waals surface area (Å²) in [6.45, 7) is 3.63. The Balaban J connectivity index is 2.03. The van der Waals surface area contributed by atoms with Gasteiger partial charge >= 0.3 is 5.97 Å². The van der Waals surface area contributed by atoms with Crippen molar-refractivity contribution in [3.8, 4) is 0 Å². The zero-order valence-electron chi connectivity index (χ0n) is 13.8. The zero-order valence-corrected chi connectivity index (χ0v) is 14.6. The minimum Gasteiger partial charge on any atom is -0.481 e. The summed E-state index contributed by atoms with van der Waals surface area (Å²) < 4.78 is 0. The number of carbonyl (C=O) groups is 2. The van der Waals surface area contributed by atoms with E-state index in [0.717, 1.165) is 9.79 Å². The number of carbonyl (C=O) groups excluding carboxylic acids is 1. The van der Waals surface area contributed by atoms with Crippen LogP contribution in [0.15, 0.2) is 64.4 Å². The van der Waals surface area contributed by atoms with Crippen molar-refractivity contribution in [1.29, 1.82) is 0 Å². The predicted molar refractivity (Wildman–Crippen MR) is 95.4 cm³/mol. The summed E-state index contributed by atoms with van der Waals surface area (Å²) >= 11 is 1.53. The van der Waals surface area contributed by atoms with E-state index in [9.17, 15) is 9.59 Å². The average molecular weight is 343 g/mol. The summed E-state index contributed by atoms with van der Waals surface area (Å²) in [4.78, 5) is 25.5. The summed E-state index contributed by atoms with van der Waals surface area (Å²) in [5.74, 6) is -1.05. The molecule has 5 heteroatoms. The summed E-state index contributed by atoms with van der Waals surface area (Å²) in [5.41, 5.74) is -0.259. The monoisotopic (exact) mass is 343 g/mol. The summed E-state index contributed by atoms with van der Waals surface area (Å²) in [6.07, 6.45) is 0.377. The zero-order chi connectivity index (χ0) is 17.6. The molecule has 0 atom stereocenters. The summed E-state index contributed by atoms with van der Waals surface area (Å²) in [5, 5.41) is 11.9. The molecule has 0 unspecified atom stereocenters. The summed E-state index contributed by atoms with van der Waals surface area (Å²) in [6, 6.07) is 17.3. The quantitative estimate of drug-likeness (QED) is 0.795. The van der Waals surface area contributed by atoms with Gasteiger partial charge in [-0.1, -0.05) is 42.1 Å². The van der Waals surface area contributed by atoms with Gasteiger partial charge in [0.05, 0.1) is 11.0 Å². The maximum atomic E-state index is 12.4. The Labute approximate surface area is 146 Å². The van der Waals surface area contributed by atoms with Crippen LogP contribution in [0.25, 0.3) is 0 Å². The number of nitrogens with one attached hydrogen (secondary N) is 1. The van der Waals surface area contributed by atoms with Crippen molar-refractivity contribution in [2.24, 2.45) is 5.41 Å². The second kappa shape index (κ2) is 8.02. The number of carboxylic acids is 1. The number of aliphatic carboxylic acids is 1. The molecule has 24 heavy (non-hydrogen) atoms. The van der Waals surface area contributed by atoms with Crippen molar-refractivity contribution in [2.45, 2.75) is 30.1 Å². The van der Waals surface area contributed by atoms with E-state index >= 15 is 0 Å². The van der Waals surface area contributed by atoms with Gasteiger partial charge in [-0.15, -0.1) is 0 Å². The van der Waals surface area contributed by atoms with Crippen molar-refractivity contribution in [3.05, 3.63) is 60.2 Å². The molecule has 0 aliphatic carbocycles. The molecule has 0 saturated heterocycles. The second-order valence-corrected chi connectivity index (χ2v) is 7.22. The van der Waals surface area contributed by atoms with E-state index in [2.05, 4.69) is 5.32 Å². The maximum absolute atomic E-state index is 12.4. The lowest BCUT2D eigenvalue weighted by molar-refractivity contribution is -0.147. The van der Waals surface area contributed by atoms with Crippen molar-refractivity contribution in [2.75, 3.05) is 6.54 Å². The number of carboxylic acid groups (broad SMARTS) is 1. The first-order valence-electron chi connectivity index (χ1n) is 7.74. The van der Waals surface area contributed by atoms with Crippen molar-refractivity contribution in [3.63, 3.8) is 0 Å². The molecule has 0 bridgehead atoms. The van der Waals surface area contributed by atoms with Gasteiger partial charge in [-0.3, -0.25) is 9.59 Å². The average Bonchev–Trinajstić information content (AvgIpc) is 2.56. The lowest BCUT2D eigenvalue weighted by Gasteiger charge is -2.19. The van der Waals surface area contributed by atoms with E-state index in [-0.39, 0.29) is 5.91 Å². The van der Waals surface area contributed by atoms with Crippen LogP contribution in [-0.2, 0) is 4.79 Å². The normalized spacial score (nSPS) is 11.1. The number of hydrogen-bond acceptors (Lipinski definition) is 3. The van der Waals surface area contributed by atoms with Gasteiger partial charge in [-0.25, -0.2) is 0 Å². The Morgan fingerprint density at radius 2 is 1.67 bits per heavy atom. The molecule has 2 aromatic carbocycles. The third-order valence-corrected chi connectivity index (χ3v) is 4.80. The van der Waals surface area contributed by atoms with Crippen LogP contribution in [0.4, 0.5) is 0 Å². The van der Waals surface area contributed by atoms with Crippen molar-refractivity contribution in [1.82, 2.24) is 5.32 Å². The van der Waals surface area contributed by atoms with E-state index in [1.165, 1.54) is 11.8 Å². The molecule has 2 N–H and O–H groups in total. The van der Waals surface area contributed by atoms with Crippen LogP contribution in [-0.4, -0.2) is 23.5 Å². The molecule has 2 rings (SSSR count). The van der Waals surface area contributed by atoms with Crippen LogP contribution < -0.4 is 5.32 Å². The second-order valence-electron chi connectivity index (χ2n) is 6.11. The molecular formula is C19H21NO3S. The molecule has 0 radical (unpaired) electrons. The van der Waals surface area contributed by atoms with E-state index < -0.39 is 11.4 Å². The van der Waals surface area contributed by atoms with Crippen LogP contribution in [0.5, 0.6) is 0 Å². The fourth-order valence-corrected chi connectivity index (χ4v) is 3.01. The van der Waals surface area contributed by atoms with Gasteiger partial charge in [-0.2, -0.15) is 0 Å². The molecule has 0 spiro atoms. The Morgan fingerprint density at radius 3 is 2.33 bits per heavy atom. The number of amides is 1. The first-order valence-corrected chi connectivity index (χ1v) is 8.55. The van der Waals surface area contributed by atoms with E-state index in [4.69, 9.17) is 5.11 Å². The highest BCUT2D eigenvalue weighted by atomic mass is 32.2. The van der Waals surface area contributed by atoms with E-state index in [1.54, 1.807) is 19.9 Å². The molecule has 0 saturated carbocycles. The molecule has 1 amide bonds. The third kappa shape index (κ3) is 4.86. The molecule has 0 heterocycles. The minimum absolute atomic E-state index is 0.185. The Bertz CT molecular complexity index is 714. The highest BCUT2D eigenvalue weighted by Crippen LogP contribution is 2.30. The van der Waals surface area contributed by atoms with Gasteiger partial charge in [0.1, 0.15) is 0 Å². The molecule has 2 aromatic rings. The van der Waals surface area contributed by atoms with Gasteiger partial charge in [0.2, 0.25) is 0 Å². The first kappa shape index (κ1) is 18.1. The van der Waals surface area contributed by atoms with Crippen LogP contribution in [0, 0.1) is 5.41 Å². The van der Waals surface area contributed by atoms with E-state index in [0.29, 0.717) is 18.5 Å². The van der Waals surface area contributed by atoms with Crippen LogP contribution in [0.3, 0.4) is 0 Å². The Hall–Kier alpha value is -2.27. The number of rotatable bonds is 7. The molecule has 0 aliphatic rings. The molecular weight excluding hydrogens is 322 g/mol. The number of hydrogen-bond donors (Lipinski definition) is 2. The van der Waals surface area contributed by atoms with Crippen LogP contribution in [0.1, 0.15) is 30.6 Å². The highest BCUT2D eigenvalue weighted by Gasteiger charge is 2.26. The fourth-order valence-electron chi connectivity index (χ4n) is 2.05. The molecule has 0 aliphatic heterocycles. The molecule has 126 valence electrons. The predicted octanol–water partition coefficient (Wildman–Crippen LogP) is 4.07. The van der Waals surface area contributed by atoms with Gasteiger partial charge in [0.25, 0.3) is 5.91 Å². The lowest BCUT2D eigenvalue weighted by atomic mass is 9.90. The largest absolute Gasteiger partial charge is 0.481 e. The van der Waals surface area contributed by atoms with Crippen LogP contribution in [0.2, 0.25) is 0 Å². The molecule has 4 nitrogen and oxygen atoms in total. The van der Waals surface area contributed by atoms with Crippen molar-refractivity contribution >= 4 is 23.6 Å². The minimum atomic E-state index is -0.864. The SMILES string of the molecule is CC(C)(CCNC(=O)c1ccccc1Sc1ccccc1)C(=O)O. The topological polar surface area (TPSA) is 66.4 Å². The standard InChI is InChI=1S/C19H21NO3S/c1-19(2,18(22)23)12-13-20-17(21)15-10-6-7-11-16(15)24-14-8-4-3-5-9-14/h3-11H,12-13H2,1-2H3,(H,20,21)(H,22,23). The maximum Gasteiger partial charge on any atom is 0.309 e. The fraction of sp³-hybridized carbons (Fsp3) is 0.263. The number of benzene rings is 2. The Kier molecular flexibility index (Phi) is 6.04. The Morgan fingerprint density at radius 1 is 1.04 bits per heavy atom. The molecule has 0 fully saturated rings. The third-order valence-electron chi connectivity index (χ3n) is 3.72. The van der Waals surface area contributed by atoms with Gasteiger partial charge in [0, 0.05) is 16.3 Å². The first-order chi connectivity index (χ1) is 11.4. The highest BCUT2D eigenvalue weighted by molar-refractivity contribution is 7.99. The van der Waals surface area contributed by atoms with E-state index in [1.807, 2.05) is 48.5 Å². The van der Waals surface area contributed by atoms with Crippen LogP contribution >= 0.6 is 11.8 Å². The van der Waals surface area contributed by atoms with Gasteiger partial charge in [-0.05, 0) is 44.5 Å². The lowest BCUT2D eigenvalue weighted by Crippen LogP contribution is -2.32. The van der Waals surface area contributed by atoms with Gasteiger partial charge < -0.3 is 10.4 Å². The van der Waals surface area contributed by atoms with Crippen molar-refractivity contribution < 1.29 is 14.7 Å². The smallest absolute Gasteiger partial charge is 0.309 e. The molecule has 0 aromatic heterocycles. The summed E-state index contributed by atoms with van der Waals surface area (Å²) in [7, 11) is 0.